The van der Waals surface area contributed by atoms with Gasteiger partial charge in [-0.25, -0.2) is 0 Å². The molecule has 1 atom stereocenters. The molecule has 1 unspecified atom stereocenters. The topological polar surface area (TPSA) is 39.7 Å². The quantitative estimate of drug-likeness (QED) is 0.428. The number of aliphatic imine (C=N–C) groups is 1. The number of hydrogen-bond acceptors (Lipinski definition) is 3. The molecule has 20 heavy (non-hydrogen) atoms. The van der Waals surface area contributed by atoms with Gasteiger partial charge in [0.05, 0.1) is 0 Å². The summed E-state index contributed by atoms with van der Waals surface area (Å²) in [7, 11) is 1.86. The van der Waals surface area contributed by atoms with Crippen molar-refractivity contribution in [3.63, 3.8) is 0 Å². The zero-order valence-electron chi connectivity index (χ0n) is 12.9. The van der Waals surface area contributed by atoms with Crippen molar-refractivity contribution in [2.45, 2.75) is 43.8 Å². The highest BCUT2D eigenvalue weighted by molar-refractivity contribution is 8.00. The third-order valence-corrected chi connectivity index (χ3v) is 5.54. The first kappa shape index (κ1) is 16.0. The van der Waals surface area contributed by atoms with E-state index in [-0.39, 0.29) is 0 Å². The van der Waals surface area contributed by atoms with E-state index in [2.05, 4.69) is 32.3 Å². The maximum atomic E-state index is 4.30. The molecule has 2 aliphatic rings. The molecule has 2 saturated heterocycles. The Morgan fingerprint density at radius 3 is 2.75 bits per heavy atom. The predicted molar refractivity (Wildman–Crippen MR) is 89.8 cm³/mol. The van der Waals surface area contributed by atoms with Crippen molar-refractivity contribution < 1.29 is 0 Å². The Hall–Kier alpha value is -0.420. The fourth-order valence-electron chi connectivity index (χ4n) is 2.91. The van der Waals surface area contributed by atoms with Crippen molar-refractivity contribution in [2.24, 2.45) is 4.99 Å². The average molecular weight is 298 g/mol. The van der Waals surface area contributed by atoms with Crippen LogP contribution in [0.25, 0.3) is 0 Å². The predicted octanol–water partition coefficient (Wildman–Crippen LogP) is 1.92. The van der Waals surface area contributed by atoms with Crippen LogP contribution in [-0.2, 0) is 0 Å². The minimum atomic E-state index is 0.781. The highest BCUT2D eigenvalue weighted by Crippen LogP contribution is 2.25. The lowest BCUT2D eigenvalue weighted by atomic mass is 10.2. The van der Waals surface area contributed by atoms with E-state index in [1.807, 2.05) is 7.05 Å². The first-order valence-corrected chi connectivity index (χ1v) is 9.22. The molecule has 0 radical (unpaired) electrons. The van der Waals surface area contributed by atoms with Crippen LogP contribution in [0.15, 0.2) is 4.99 Å². The molecule has 2 fully saturated rings. The molecule has 0 aliphatic carbocycles. The minimum Gasteiger partial charge on any atom is -0.356 e. The molecular formula is C15H30N4S. The number of rotatable bonds is 7. The normalized spacial score (nSPS) is 24.2. The molecule has 116 valence electrons. The molecule has 0 aromatic rings. The van der Waals surface area contributed by atoms with Crippen LogP contribution in [0.3, 0.4) is 0 Å². The van der Waals surface area contributed by atoms with Crippen LogP contribution < -0.4 is 10.6 Å². The number of guanidine groups is 1. The summed E-state index contributed by atoms with van der Waals surface area (Å²) in [5.41, 5.74) is 0. The fraction of sp³-hybridized carbons (Fsp3) is 0.933. The lowest BCUT2D eigenvalue weighted by Gasteiger charge is -2.16. The Bertz CT molecular complexity index is 284. The van der Waals surface area contributed by atoms with Crippen LogP contribution in [-0.4, -0.2) is 61.6 Å². The summed E-state index contributed by atoms with van der Waals surface area (Å²) in [5, 5.41) is 7.66. The van der Waals surface area contributed by atoms with Crippen molar-refractivity contribution in [2.75, 3.05) is 45.5 Å². The molecule has 4 nitrogen and oxygen atoms in total. The Kier molecular flexibility index (Phi) is 7.58. The van der Waals surface area contributed by atoms with Crippen molar-refractivity contribution in [3.05, 3.63) is 0 Å². The van der Waals surface area contributed by atoms with Crippen LogP contribution in [0.2, 0.25) is 0 Å². The molecule has 0 aromatic heterocycles. The summed E-state index contributed by atoms with van der Waals surface area (Å²) in [6.45, 7) is 5.99. The van der Waals surface area contributed by atoms with E-state index in [0.29, 0.717) is 0 Å². The standard InChI is InChI=1S/C15H30N4S/c1-16-15(18-13-14-7-6-12-20-14)17-8-2-3-9-19-10-4-5-11-19/h14H,2-13H2,1H3,(H2,16,17,18). The van der Waals surface area contributed by atoms with Gasteiger partial charge in [0.2, 0.25) is 0 Å². The summed E-state index contributed by atoms with van der Waals surface area (Å²) in [4.78, 5) is 6.89. The molecule has 2 N–H and O–H groups in total. The number of unbranched alkanes of at least 4 members (excludes halogenated alkanes) is 1. The number of nitrogens with one attached hydrogen (secondary N) is 2. The second-order valence-electron chi connectivity index (χ2n) is 5.77. The van der Waals surface area contributed by atoms with Crippen LogP contribution in [0.5, 0.6) is 0 Å². The van der Waals surface area contributed by atoms with Crippen molar-refractivity contribution in [1.29, 1.82) is 0 Å². The molecule has 0 bridgehead atoms. The second-order valence-corrected chi connectivity index (χ2v) is 7.18. The lowest BCUT2D eigenvalue weighted by molar-refractivity contribution is 0.330. The summed E-state index contributed by atoms with van der Waals surface area (Å²) >= 11 is 2.09. The smallest absolute Gasteiger partial charge is 0.191 e. The summed E-state index contributed by atoms with van der Waals surface area (Å²) in [6.07, 6.45) is 8.05. The molecule has 0 spiro atoms. The van der Waals surface area contributed by atoms with Gasteiger partial charge in [-0.1, -0.05) is 0 Å². The van der Waals surface area contributed by atoms with E-state index in [0.717, 1.165) is 24.3 Å². The highest BCUT2D eigenvalue weighted by Gasteiger charge is 2.15. The molecule has 0 amide bonds. The molecule has 2 rings (SSSR count). The maximum absolute atomic E-state index is 4.30. The Labute approximate surface area is 128 Å². The molecule has 2 heterocycles. The monoisotopic (exact) mass is 298 g/mol. The van der Waals surface area contributed by atoms with Crippen LogP contribution in [0.4, 0.5) is 0 Å². The van der Waals surface area contributed by atoms with Gasteiger partial charge in [0.1, 0.15) is 0 Å². The first-order valence-electron chi connectivity index (χ1n) is 8.17. The molecule has 0 aromatic carbocycles. The van der Waals surface area contributed by atoms with Gasteiger partial charge in [-0.05, 0) is 63.9 Å². The van der Waals surface area contributed by atoms with Crippen LogP contribution in [0, 0.1) is 0 Å². The van der Waals surface area contributed by atoms with Gasteiger partial charge in [0, 0.05) is 25.4 Å². The maximum Gasteiger partial charge on any atom is 0.191 e. The van der Waals surface area contributed by atoms with Crippen molar-refractivity contribution >= 4 is 17.7 Å². The summed E-state index contributed by atoms with van der Waals surface area (Å²) in [6, 6.07) is 0. The Morgan fingerprint density at radius 1 is 1.20 bits per heavy atom. The Morgan fingerprint density at radius 2 is 2.05 bits per heavy atom. The van der Waals surface area contributed by atoms with E-state index in [4.69, 9.17) is 0 Å². The van der Waals surface area contributed by atoms with Gasteiger partial charge in [0.15, 0.2) is 5.96 Å². The van der Waals surface area contributed by atoms with E-state index in [1.54, 1.807) is 0 Å². The first-order chi connectivity index (χ1) is 9.88. The van der Waals surface area contributed by atoms with Crippen molar-refractivity contribution in [3.8, 4) is 0 Å². The molecule has 5 heteroatoms. The van der Waals surface area contributed by atoms with Crippen molar-refractivity contribution in [1.82, 2.24) is 15.5 Å². The van der Waals surface area contributed by atoms with Gasteiger partial charge in [-0.2, -0.15) is 11.8 Å². The van der Waals surface area contributed by atoms with E-state index >= 15 is 0 Å². The third-order valence-electron chi connectivity index (χ3n) is 4.14. The lowest BCUT2D eigenvalue weighted by Crippen LogP contribution is -2.40. The van der Waals surface area contributed by atoms with Gasteiger partial charge in [0.25, 0.3) is 0 Å². The van der Waals surface area contributed by atoms with Crippen LogP contribution >= 0.6 is 11.8 Å². The zero-order chi connectivity index (χ0) is 14.0. The van der Waals surface area contributed by atoms with E-state index < -0.39 is 0 Å². The Balaban J connectivity index is 1.47. The van der Waals surface area contributed by atoms with Gasteiger partial charge in [-0.3, -0.25) is 4.99 Å². The zero-order valence-corrected chi connectivity index (χ0v) is 13.7. The number of hydrogen-bond donors (Lipinski definition) is 2. The van der Waals surface area contributed by atoms with Gasteiger partial charge in [-0.15, -0.1) is 0 Å². The summed E-state index contributed by atoms with van der Waals surface area (Å²) in [5.74, 6) is 2.30. The largest absolute Gasteiger partial charge is 0.356 e. The SMILES string of the molecule is CN=C(NCCCCN1CCCC1)NCC1CCCS1. The van der Waals surface area contributed by atoms with Crippen LogP contribution in [0.1, 0.15) is 38.5 Å². The third kappa shape index (κ3) is 5.92. The van der Waals surface area contributed by atoms with E-state index in [1.165, 1.54) is 63.9 Å². The fourth-order valence-corrected chi connectivity index (χ4v) is 4.11. The highest BCUT2D eigenvalue weighted by atomic mass is 32.2. The summed E-state index contributed by atoms with van der Waals surface area (Å²) < 4.78 is 0. The van der Waals surface area contributed by atoms with Gasteiger partial charge < -0.3 is 15.5 Å². The number of likely N-dealkylation sites (tertiary alicyclic amines) is 1. The molecule has 2 aliphatic heterocycles. The molecular weight excluding hydrogens is 268 g/mol. The van der Waals surface area contributed by atoms with E-state index in [9.17, 15) is 0 Å². The minimum absolute atomic E-state index is 0.781. The van der Waals surface area contributed by atoms with Gasteiger partial charge >= 0.3 is 0 Å². The average Bonchev–Trinajstić information content (AvgIpc) is 3.14. The second kappa shape index (κ2) is 9.50. The molecule has 0 saturated carbocycles. The number of nitrogens with zero attached hydrogens (tertiary/aromatic N) is 2. The number of thioether (sulfide) groups is 1.